The summed E-state index contributed by atoms with van der Waals surface area (Å²) in [6, 6.07) is 0. The molecule has 0 heterocycles. The third kappa shape index (κ3) is 190. The Balaban J connectivity index is -0.0000000457. The summed E-state index contributed by atoms with van der Waals surface area (Å²) < 4.78 is 0. The van der Waals surface area contributed by atoms with Crippen molar-refractivity contribution in [1.29, 1.82) is 5.26 Å². The van der Waals surface area contributed by atoms with Crippen LogP contribution in [0, 0.1) is 11.5 Å². The maximum Gasteiger partial charge on any atom is 0.176 e. The molecule has 82 valence electrons. The highest BCUT2D eigenvalue weighted by Crippen LogP contribution is 1.57. The number of rotatable bonds is 2. The third-order valence-electron chi connectivity index (χ3n) is 0.545. The van der Waals surface area contributed by atoms with Crippen molar-refractivity contribution < 1.29 is 0 Å². The van der Waals surface area contributed by atoms with Crippen LogP contribution in [0.1, 0.15) is 48.0 Å². The SMILES string of the molecule is CC.CC.CCCN.CCNC#N. The highest BCUT2D eigenvalue weighted by Gasteiger charge is 1.58. The van der Waals surface area contributed by atoms with Crippen LogP contribution in [-0.4, -0.2) is 13.1 Å². The number of nitrogens with one attached hydrogen (secondary N) is 1. The molecule has 3 N–H and O–H groups in total. The zero-order chi connectivity index (χ0) is 11.5. The largest absolute Gasteiger partial charge is 0.330 e. The lowest BCUT2D eigenvalue weighted by atomic mass is 10.5. The summed E-state index contributed by atoms with van der Waals surface area (Å²) in [5.41, 5.74) is 5.03. The summed E-state index contributed by atoms with van der Waals surface area (Å²) in [5, 5.41) is 10.1. The predicted molar refractivity (Wildman–Crippen MR) is 61.3 cm³/mol. The average Bonchev–Trinajstić information content (AvgIpc) is 2.25. The van der Waals surface area contributed by atoms with Crippen molar-refractivity contribution in [3.05, 3.63) is 0 Å². The van der Waals surface area contributed by atoms with Gasteiger partial charge in [-0.2, -0.15) is 5.26 Å². The molecule has 0 aliphatic rings. The molecular weight excluding hydrogens is 162 g/mol. The minimum Gasteiger partial charge on any atom is -0.330 e. The maximum absolute atomic E-state index is 7.71. The first kappa shape index (κ1) is 22.8. The number of nitriles is 1. The Morgan fingerprint density at radius 1 is 1.15 bits per heavy atom. The van der Waals surface area contributed by atoms with Gasteiger partial charge in [0, 0.05) is 6.54 Å². The first-order chi connectivity index (χ1) is 6.33. The van der Waals surface area contributed by atoms with Gasteiger partial charge in [-0.05, 0) is 19.9 Å². The van der Waals surface area contributed by atoms with Crippen molar-refractivity contribution in [3.8, 4) is 6.19 Å². The van der Waals surface area contributed by atoms with Gasteiger partial charge in [0.05, 0.1) is 0 Å². The van der Waals surface area contributed by atoms with Crippen LogP contribution < -0.4 is 11.1 Å². The normalized spacial score (nSPS) is 5.38. The molecule has 0 aromatic rings. The predicted octanol–water partition coefficient (Wildman–Crippen LogP) is 2.48. The molecule has 0 saturated heterocycles. The molecule has 0 atom stereocenters. The molecule has 0 fully saturated rings. The summed E-state index contributed by atoms with van der Waals surface area (Å²) in [4.78, 5) is 0. The van der Waals surface area contributed by atoms with Crippen molar-refractivity contribution in [2.45, 2.75) is 48.0 Å². The monoisotopic (exact) mass is 189 g/mol. The van der Waals surface area contributed by atoms with Crippen LogP contribution >= 0.6 is 0 Å². The van der Waals surface area contributed by atoms with Crippen LogP contribution in [-0.2, 0) is 0 Å². The van der Waals surface area contributed by atoms with Gasteiger partial charge in [-0.25, -0.2) is 0 Å². The van der Waals surface area contributed by atoms with Gasteiger partial charge in [0.1, 0.15) is 0 Å². The van der Waals surface area contributed by atoms with Crippen LogP contribution in [0.3, 0.4) is 0 Å². The molecule has 0 unspecified atom stereocenters. The highest BCUT2D eigenvalue weighted by molar-refractivity contribution is 4.60. The van der Waals surface area contributed by atoms with Gasteiger partial charge in [0.25, 0.3) is 0 Å². The average molecular weight is 189 g/mol. The van der Waals surface area contributed by atoms with E-state index in [4.69, 9.17) is 11.0 Å². The second-order valence-corrected chi connectivity index (χ2v) is 1.43. The molecule has 0 amide bonds. The molecule has 0 bridgehead atoms. The Kier molecular flexibility index (Phi) is 115. The van der Waals surface area contributed by atoms with Gasteiger partial charge in [0.2, 0.25) is 0 Å². The number of nitrogens with two attached hydrogens (primary N) is 1. The molecule has 0 radical (unpaired) electrons. The first-order valence-corrected chi connectivity index (χ1v) is 5.15. The molecule has 13 heavy (non-hydrogen) atoms. The van der Waals surface area contributed by atoms with Crippen molar-refractivity contribution in [2.24, 2.45) is 5.73 Å². The van der Waals surface area contributed by atoms with E-state index < -0.39 is 0 Å². The lowest BCUT2D eigenvalue weighted by molar-refractivity contribution is 0.932. The summed E-state index contributed by atoms with van der Waals surface area (Å²) in [5.74, 6) is 0. The molecular formula is C10H27N3. The van der Waals surface area contributed by atoms with Gasteiger partial charge < -0.3 is 11.1 Å². The van der Waals surface area contributed by atoms with E-state index in [1.165, 1.54) is 0 Å². The van der Waals surface area contributed by atoms with E-state index >= 15 is 0 Å². The van der Waals surface area contributed by atoms with Gasteiger partial charge in [-0.1, -0.05) is 34.6 Å². The van der Waals surface area contributed by atoms with Crippen LogP contribution in [0.15, 0.2) is 0 Å². The zero-order valence-corrected chi connectivity index (χ0v) is 10.1. The zero-order valence-electron chi connectivity index (χ0n) is 10.1. The topological polar surface area (TPSA) is 61.8 Å². The lowest BCUT2D eigenvalue weighted by Crippen LogP contribution is -2.00. The van der Waals surface area contributed by atoms with Gasteiger partial charge in [0.15, 0.2) is 6.19 Å². The van der Waals surface area contributed by atoms with E-state index in [9.17, 15) is 0 Å². The van der Waals surface area contributed by atoms with Crippen molar-refractivity contribution >= 4 is 0 Å². The number of nitrogens with zero attached hydrogens (tertiary/aromatic N) is 1. The Labute approximate surface area is 84.3 Å². The molecule has 0 aromatic heterocycles. The van der Waals surface area contributed by atoms with Gasteiger partial charge in [-0.15, -0.1) is 0 Å². The minimum absolute atomic E-state index is 0.733. The Bertz CT molecular complexity index is 65.1. The molecule has 3 nitrogen and oxygen atoms in total. The van der Waals surface area contributed by atoms with E-state index in [1.54, 1.807) is 6.19 Å². The number of hydrogen-bond donors (Lipinski definition) is 2. The van der Waals surface area contributed by atoms with Gasteiger partial charge in [-0.3, -0.25) is 0 Å². The molecule has 0 spiro atoms. The van der Waals surface area contributed by atoms with E-state index in [-0.39, 0.29) is 0 Å². The molecule has 0 rings (SSSR count). The van der Waals surface area contributed by atoms with Crippen LogP contribution in [0.5, 0.6) is 0 Å². The molecule has 3 heteroatoms. The second-order valence-electron chi connectivity index (χ2n) is 1.43. The summed E-state index contributed by atoms with van der Waals surface area (Å²) in [6.45, 7) is 13.5. The van der Waals surface area contributed by atoms with Crippen molar-refractivity contribution in [2.75, 3.05) is 13.1 Å². The fraction of sp³-hybridized carbons (Fsp3) is 0.900. The quantitative estimate of drug-likeness (QED) is 0.518. The fourth-order valence-corrected chi connectivity index (χ4v) is 0.0791. The van der Waals surface area contributed by atoms with E-state index in [2.05, 4.69) is 12.2 Å². The van der Waals surface area contributed by atoms with Crippen LogP contribution in [0.2, 0.25) is 0 Å². The Morgan fingerprint density at radius 3 is 1.46 bits per heavy atom. The van der Waals surface area contributed by atoms with Crippen molar-refractivity contribution in [3.63, 3.8) is 0 Å². The molecule has 0 saturated carbocycles. The summed E-state index contributed by atoms with van der Waals surface area (Å²) in [6.07, 6.45) is 2.86. The van der Waals surface area contributed by atoms with Crippen LogP contribution in [0.25, 0.3) is 0 Å². The lowest BCUT2D eigenvalue weighted by Gasteiger charge is -1.75. The number of hydrogen-bond acceptors (Lipinski definition) is 3. The Hall–Kier alpha value is -0.750. The highest BCUT2D eigenvalue weighted by atomic mass is 14.8. The van der Waals surface area contributed by atoms with Crippen molar-refractivity contribution in [1.82, 2.24) is 5.32 Å². The second kappa shape index (κ2) is 65.4. The molecule has 0 aliphatic heterocycles. The molecule has 0 aromatic carbocycles. The van der Waals surface area contributed by atoms with E-state index in [0.717, 1.165) is 19.5 Å². The Morgan fingerprint density at radius 2 is 1.46 bits per heavy atom. The van der Waals surface area contributed by atoms with E-state index in [0.29, 0.717) is 0 Å². The maximum atomic E-state index is 7.71. The molecule has 0 aliphatic carbocycles. The standard InChI is InChI=1S/C3H6N2.C3H9N.2C2H6/c1-2-5-3-4;1-2-3-4;2*1-2/h5H,2H2,1H3;2-4H2,1H3;2*1-2H3. The van der Waals surface area contributed by atoms with Crippen LogP contribution in [0.4, 0.5) is 0 Å². The summed E-state index contributed by atoms with van der Waals surface area (Å²) in [7, 11) is 0. The third-order valence-corrected chi connectivity index (χ3v) is 0.545. The first-order valence-electron chi connectivity index (χ1n) is 5.15. The fourth-order valence-electron chi connectivity index (χ4n) is 0.0791. The summed E-state index contributed by atoms with van der Waals surface area (Å²) >= 11 is 0. The van der Waals surface area contributed by atoms with Gasteiger partial charge >= 0.3 is 0 Å². The minimum atomic E-state index is 0.733. The van der Waals surface area contributed by atoms with E-state index in [1.807, 2.05) is 34.6 Å². The smallest absolute Gasteiger partial charge is 0.176 e.